The van der Waals surface area contributed by atoms with E-state index in [1.54, 1.807) is 0 Å². The van der Waals surface area contributed by atoms with E-state index in [9.17, 15) is 4.79 Å². The van der Waals surface area contributed by atoms with Crippen molar-refractivity contribution in [2.45, 2.75) is 45.2 Å². The van der Waals surface area contributed by atoms with Gasteiger partial charge in [0, 0.05) is 18.3 Å². The first-order chi connectivity index (χ1) is 8.20. The fourth-order valence-corrected chi connectivity index (χ4v) is 2.04. The van der Waals surface area contributed by atoms with Gasteiger partial charge in [0.05, 0.1) is 6.54 Å². The van der Waals surface area contributed by atoms with Gasteiger partial charge in [-0.3, -0.25) is 4.79 Å². The number of hydrogen-bond donors (Lipinski definition) is 0. The molecule has 1 amide bonds. The van der Waals surface area contributed by atoms with E-state index in [2.05, 4.69) is 0 Å². The molecule has 17 heavy (non-hydrogen) atoms. The molecule has 1 fully saturated rings. The number of amides is 1. The van der Waals surface area contributed by atoms with E-state index in [4.69, 9.17) is 16.0 Å². The molecule has 1 saturated carbocycles. The zero-order valence-corrected chi connectivity index (χ0v) is 10.9. The third-order valence-corrected chi connectivity index (χ3v) is 3.22. The van der Waals surface area contributed by atoms with Crippen LogP contribution in [0.1, 0.15) is 37.2 Å². The van der Waals surface area contributed by atoms with Crippen LogP contribution in [0.2, 0.25) is 0 Å². The minimum absolute atomic E-state index is 0.196. The monoisotopic (exact) mass is 255 g/mol. The summed E-state index contributed by atoms with van der Waals surface area (Å²) in [5, 5.41) is 0. The van der Waals surface area contributed by atoms with Crippen molar-refractivity contribution in [1.82, 2.24) is 4.90 Å². The number of aryl methyl sites for hydroxylation is 1. The van der Waals surface area contributed by atoms with Gasteiger partial charge in [-0.2, -0.15) is 0 Å². The highest BCUT2D eigenvalue weighted by Gasteiger charge is 2.32. The van der Waals surface area contributed by atoms with E-state index >= 15 is 0 Å². The number of hydrogen-bond acceptors (Lipinski definition) is 2. The van der Waals surface area contributed by atoms with Crippen LogP contribution >= 0.6 is 11.6 Å². The van der Waals surface area contributed by atoms with Gasteiger partial charge in [-0.15, -0.1) is 11.6 Å². The first-order valence-electron chi connectivity index (χ1n) is 6.11. The molecular formula is C13H18ClNO2. The summed E-state index contributed by atoms with van der Waals surface area (Å²) in [6, 6.07) is 4.30. The quantitative estimate of drug-likeness (QED) is 0.732. The predicted octanol–water partition coefficient (Wildman–Crippen LogP) is 3.10. The molecule has 1 aliphatic carbocycles. The number of carbonyl (C=O) groups excluding carboxylic acids is 1. The normalized spacial score (nSPS) is 14.9. The average molecular weight is 256 g/mol. The second kappa shape index (κ2) is 5.58. The maximum Gasteiger partial charge on any atom is 0.223 e. The Morgan fingerprint density at radius 3 is 2.82 bits per heavy atom. The molecule has 3 nitrogen and oxygen atoms in total. The first kappa shape index (κ1) is 12.5. The molecule has 0 saturated heterocycles. The van der Waals surface area contributed by atoms with Gasteiger partial charge in [0.2, 0.25) is 5.91 Å². The highest BCUT2D eigenvalue weighted by atomic mass is 35.5. The van der Waals surface area contributed by atoms with Crippen molar-refractivity contribution >= 4 is 17.5 Å². The zero-order chi connectivity index (χ0) is 12.3. The van der Waals surface area contributed by atoms with Gasteiger partial charge in [0.25, 0.3) is 0 Å². The Morgan fingerprint density at radius 1 is 1.53 bits per heavy atom. The van der Waals surface area contributed by atoms with Crippen LogP contribution in [0.3, 0.4) is 0 Å². The summed E-state index contributed by atoms with van der Waals surface area (Å²) in [5.74, 6) is 2.50. The van der Waals surface area contributed by atoms with Crippen LogP contribution in [0.15, 0.2) is 16.5 Å². The molecule has 0 N–H and O–H groups in total. The number of furan rings is 1. The lowest BCUT2D eigenvalue weighted by molar-refractivity contribution is -0.132. The molecule has 0 aromatic carbocycles. The fourth-order valence-electron chi connectivity index (χ4n) is 1.91. The predicted molar refractivity (Wildman–Crippen MR) is 67.0 cm³/mol. The lowest BCUT2D eigenvalue weighted by Crippen LogP contribution is -2.32. The van der Waals surface area contributed by atoms with Crippen LogP contribution in [0.5, 0.6) is 0 Å². The number of alkyl halides is 1. The fraction of sp³-hybridized carbons (Fsp3) is 0.615. The van der Waals surface area contributed by atoms with Gasteiger partial charge in [-0.1, -0.05) is 0 Å². The molecule has 0 unspecified atom stereocenters. The summed E-state index contributed by atoms with van der Waals surface area (Å²) in [5.41, 5.74) is 0. The Labute approximate surface area is 107 Å². The van der Waals surface area contributed by atoms with Gasteiger partial charge in [-0.25, -0.2) is 0 Å². The molecule has 0 bridgehead atoms. The summed E-state index contributed by atoms with van der Waals surface area (Å²) in [6.07, 6.45) is 3.53. The van der Waals surface area contributed by atoms with Crippen LogP contribution in [-0.4, -0.2) is 22.7 Å². The molecule has 94 valence electrons. The Kier molecular flexibility index (Phi) is 4.11. The summed E-state index contributed by atoms with van der Waals surface area (Å²) < 4.78 is 5.53. The second-order valence-corrected chi connectivity index (χ2v) is 4.94. The zero-order valence-electron chi connectivity index (χ0n) is 10.1. The third-order valence-electron chi connectivity index (χ3n) is 2.95. The second-order valence-electron chi connectivity index (χ2n) is 4.56. The summed E-state index contributed by atoms with van der Waals surface area (Å²) in [7, 11) is 0. The summed E-state index contributed by atoms with van der Waals surface area (Å²) in [4.78, 5) is 14.0. The minimum atomic E-state index is 0.196. The Morgan fingerprint density at radius 2 is 2.29 bits per heavy atom. The molecule has 0 atom stereocenters. The van der Waals surface area contributed by atoms with Crippen LogP contribution in [0.25, 0.3) is 0 Å². The van der Waals surface area contributed by atoms with Crippen LogP contribution in [0, 0.1) is 6.92 Å². The van der Waals surface area contributed by atoms with Crippen molar-refractivity contribution in [2.75, 3.05) is 5.88 Å². The first-order valence-corrected chi connectivity index (χ1v) is 6.65. The van der Waals surface area contributed by atoms with Gasteiger partial charge in [0.1, 0.15) is 11.5 Å². The maximum absolute atomic E-state index is 12.0. The van der Waals surface area contributed by atoms with Gasteiger partial charge in [0.15, 0.2) is 0 Å². The van der Waals surface area contributed by atoms with Crippen molar-refractivity contribution < 1.29 is 9.21 Å². The average Bonchev–Trinajstić information content (AvgIpc) is 3.07. The highest BCUT2D eigenvalue weighted by Crippen LogP contribution is 2.29. The van der Waals surface area contributed by atoms with Crippen LogP contribution in [-0.2, 0) is 11.3 Å². The summed E-state index contributed by atoms with van der Waals surface area (Å²) in [6.45, 7) is 2.51. The Bertz CT molecular complexity index is 385. The number of carbonyl (C=O) groups is 1. The van der Waals surface area contributed by atoms with Crippen molar-refractivity contribution in [3.05, 3.63) is 23.7 Å². The van der Waals surface area contributed by atoms with Crippen LogP contribution in [0.4, 0.5) is 0 Å². The molecule has 4 heteroatoms. The van der Waals surface area contributed by atoms with E-state index in [0.717, 1.165) is 30.8 Å². The van der Waals surface area contributed by atoms with Gasteiger partial charge < -0.3 is 9.32 Å². The van der Waals surface area contributed by atoms with E-state index < -0.39 is 0 Å². The van der Waals surface area contributed by atoms with E-state index in [-0.39, 0.29) is 5.91 Å². The molecular weight excluding hydrogens is 238 g/mol. The highest BCUT2D eigenvalue weighted by molar-refractivity contribution is 6.17. The summed E-state index contributed by atoms with van der Waals surface area (Å²) >= 11 is 5.62. The molecule has 1 aromatic rings. The number of rotatable bonds is 6. The molecule has 1 aromatic heterocycles. The molecule has 0 aliphatic heterocycles. The van der Waals surface area contributed by atoms with Crippen molar-refractivity contribution in [3.8, 4) is 0 Å². The van der Waals surface area contributed by atoms with Gasteiger partial charge in [-0.05, 0) is 38.3 Å². The van der Waals surface area contributed by atoms with Crippen LogP contribution < -0.4 is 0 Å². The number of nitrogens with zero attached hydrogens (tertiary/aromatic N) is 1. The lowest BCUT2D eigenvalue weighted by atomic mass is 10.2. The van der Waals surface area contributed by atoms with E-state index in [0.29, 0.717) is 24.9 Å². The SMILES string of the molecule is Cc1ccc(CN(C(=O)CCCCl)C2CC2)o1. The minimum Gasteiger partial charge on any atom is -0.464 e. The van der Waals surface area contributed by atoms with E-state index in [1.807, 2.05) is 24.0 Å². The lowest BCUT2D eigenvalue weighted by Gasteiger charge is -2.21. The largest absolute Gasteiger partial charge is 0.464 e. The third kappa shape index (κ3) is 3.50. The smallest absolute Gasteiger partial charge is 0.223 e. The molecule has 2 rings (SSSR count). The van der Waals surface area contributed by atoms with Gasteiger partial charge >= 0.3 is 0 Å². The van der Waals surface area contributed by atoms with Crippen molar-refractivity contribution in [2.24, 2.45) is 0 Å². The molecule has 1 heterocycles. The maximum atomic E-state index is 12.0. The van der Waals surface area contributed by atoms with Crippen molar-refractivity contribution in [3.63, 3.8) is 0 Å². The van der Waals surface area contributed by atoms with E-state index in [1.165, 1.54) is 0 Å². The molecule has 0 radical (unpaired) electrons. The Balaban J connectivity index is 1.95. The van der Waals surface area contributed by atoms with Crippen molar-refractivity contribution in [1.29, 1.82) is 0 Å². The topological polar surface area (TPSA) is 33.5 Å². The Hall–Kier alpha value is -0.960. The standard InChI is InChI=1S/C13H18ClNO2/c1-10-4-7-12(17-10)9-15(11-5-6-11)13(16)3-2-8-14/h4,7,11H,2-3,5-6,8-9H2,1H3. The molecule has 1 aliphatic rings. The number of halogens is 1. The molecule has 0 spiro atoms.